The summed E-state index contributed by atoms with van der Waals surface area (Å²) in [6, 6.07) is 18.0. The van der Waals surface area contributed by atoms with Crippen LogP contribution in [0, 0.1) is 5.92 Å². The van der Waals surface area contributed by atoms with Gasteiger partial charge in [0, 0.05) is 42.1 Å². The first-order valence-corrected chi connectivity index (χ1v) is 11.8. The van der Waals surface area contributed by atoms with Crippen LogP contribution in [0.1, 0.15) is 46.7 Å². The highest BCUT2D eigenvalue weighted by atomic mass is 35.5. The van der Waals surface area contributed by atoms with Crippen molar-refractivity contribution in [2.45, 2.75) is 31.2 Å². The zero-order valence-electron chi connectivity index (χ0n) is 18.6. The molecule has 3 atom stereocenters. The molecule has 1 aliphatic heterocycles. The van der Waals surface area contributed by atoms with Crippen molar-refractivity contribution in [2.75, 3.05) is 12.0 Å². The van der Waals surface area contributed by atoms with E-state index in [4.69, 9.17) is 16.5 Å². The third kappa shape index (κ3) is 4.62. The predicted octanol–water partition coefficient (Wildman–Crippen LogP) is 5.25. The first kappa shape index (κ1) is 22.4. The van der Waals surface area contributed by atoms with E-state index in [0.717, 1.165) is 48.3 Å². The zero-order chi connectivity index (χ0) is 23.5. The number of halogens is 1. The fraction of sp³-hybridized carbons (Fsp3) is 0.269. The molecule has 0 saturated heterocycles. The van der Waals surface area contributed by atoms with Gasteiger partial charge in [-0.15, -0.1) is 0 Å². The van der Waals surface area contributed by atoms with E-state index < -0.39 is 0 Å². The van der Waals surface area contributed by atoms with Crippen LogP contribution in [-0.4, -0.2) is 33.6 Å². The van der Waals surface area contributed by atoms with E-state index in [2.05, 4.69) is 27.9 Å². The van der Waals surface area contributed by atoms with E-state index in [1.54, 1.807) is 12.4 Å². The van der Waals surface area contributed by atoms with E-state index >= 15 is 0 Å². The van der Waals surface area contributed by atoms with Crippen molar-refractivity contribution in [3.05, 3.63) is 83.7 Å². The molecule has 0 spiro atoms. The Balaban J connectivity index is 1.39. The summed E-state index contributed by atoms with van der Waals surface area (Å²) in [6.07, 6.45) is 6.93. The Labute approximate surface area is 203 Å². The van der Waals surface area contributed by atoms with Crippen LogP contribution >= 0.6 is 11.8 Å². The quantitative estimate of drug-likeness (QED) is 0.274. The molecule has 1 fully saturated rings. The minimum Gasteiger partial charge on any atom is -0.457 e. The molecule has 3 aromatic rings. The van der Waals surface area contributed by atoms with Gasteiger partial charge in [-0.25, -0.2) is 0 Å². The predicted molar refractivity (Wildman–Crippen MR) is 133 cm³/mol. The lowest BCUT2D eigenvalue weighted by atomic mass is 9.74. The van der Waals surface area contributed by atoms with Gasteiger partial charge < -0.3 is 20.1 Å². The number of hydrogen-bond acceptors (Lipinski definition) is 6. The zero-order valence-corrected chi connectivity index (χ0v) is 19.3. The highest BCUT2D eigenvalue weighted by Gasteiger charge is 2.33. The number of benzene rings is 2. The molecule has 7 nitrogen and oxygen atoms in total. The number of nitrogens with zero attached hydrogens (tertiary/aromatic N) is 1. The van der Waals surface area contributed by atoms with Crippen LogP contribution in [-0.2, 0) is 0 Å². The standard InChI is InChI=1S/C26H27ClN4O3/c27-31-14-24(25-19(16-33)13-28-26(25)30-31)29-23-11-6-17(15-32)12-22(23)18-7-9-21(10-8-18)34-20-4-2-1-3-5-20/h1-5,7-10,13-14,16-17,22-23,28-30,32H,6,11-12,15H2/t17-,22?,23-/m1/s1. The first-order chi connectivity index (χ1) is 16.6. The number of hydrazine groups is 1. The topological polar surface area (TPSA) is 89.6 Å². The Kier molecular flexibility index (Phi) is 6.47. The van der Waals surface area contributed by atoms with E-state index in [0.29, 0.717) is 11.4 Å². The van der Waals surface area contributed by atoms with Crippen molar-refractivity contribution in [2.24, 2.45) is 5.92 Å². The summed E-state index contributed by atoms with van der Waals surface area (Å²) in [6.45, 7) is 0.178. The lowest BCUT2D eigenvalue weighted by Gasteiger charge is -2.38. The Hall–Kier alpha value is -3.42. The molecule has 4 N–H and O–H groups in total. The maximum atomic E-state index is 11.6. The number of hydrogen-bond donors (Lipinski definition) is 4. The van der Waals surface area contributed by atoms with Crippen molar-refractivity contribution >= 4 is 29.6 Å². The molecule has 0 bridgehead atoms. The lowest BCUT2D eigenvalue weighted by molar-refractivity contribution is 0.112. The average Bonchev–Trinajstić information content (AvgIpc) is 3.28. The molecule has 2 aliphatic rings. The van der Waals surface area contributed by atoms with Gasteiger partial charge in [0.05, 0.1) is 17.5 Å². The van der Waals surface area contributed by atoms with Crippen LogP contribution in [0.25, 0.3) is 5.70 Å². The largest absolute Gasteiger partial charge is 0.457 e. The van der Waals surface area contributed by atoms with Crippen molar-refractivity contribution in [3.8, 4) is 11.5 Å². The van der Waals surface area contributed by atoms with Gasteiger partial charge in [-0.3, -0.25) is 10.2 Å². The van der Waals surface area contributed by atoms with Crippen molar-refractivity contribution in [1.29, 1.82) is 0 Å². The van der Waals surface area contributed by atoms with Gasteiger partial charge in [0.2, 0.25) is 0 Å². The molecular weight excluding hydrogens is 452 g/mol. The molecule has 5 rings (SSSR count). The second-order valence-corrected chi connectivity index (χ2v) is 9.14. The molecule has 0 amide bonds. The average molecular weight is 479 g/mol. The lowest BCUT2D eigenvalue weighted by Crippen LogP contribution is -2.40. The fourth-order valence-corrected chi connectivity index (χ4v) is 5.09. The number of nitrogens with one attached hydrogen (secondary N) is 3. The number of H-pyrrole nitrogens is 1. The number of aliphatic hydroxyl groups is 1. The molecule has 2 aromatic carbocycles. The number of carbonyl (C=O) groups is 1. The van der Waals surface area contributed by atoms with Gasteiger partial charge in [-0.2, -0.15) is 4.53 Å². The summed E-state index contributed by atoms with van der Waals surface area (Å²) in [5, 5.41) is 13.5. The molecule has 8 heteroatoms. The van der Waals surface area contributed by atoms with E-state index in [1.165, 1.54) is 10.1 Å². The number of anilines is 1. The van der Waals surface area contributed by atoms with Crippen molar-refractivity contribution in [1.82, 2.24) is 14.8 Å². The highest BCUT2D eigenvalue weighted by Crippen LogP contribution is 2.39. The summed E-state index contributed by atoms with van der Waals surface area (Å²) in [5.41, 5.74) is 6.30. The van der Waals surface area contributed by atoms with Crippen LogP contribution < -0.4 is 15.5 Å². The summed E-state index contributed by atoms with van der Waals surface area (Å²) < 4.78 is 7.30. The highest BCUT2D eigenvalue weighted by molar-refractivity contribution is 6.15. The minimum atomic E-state index is 0.111. The molecule has 2 heterocycles. The Morgan fingerprint density at radius 1 is 1.12 bits per heavy atom. The number of aromatic nitrogens is 1. The summed E-state index contributed by atoms with van der Waals surface area (Å²) in [5.74, 6) is 2.68. The first-order valence-electron chi connectivity index (χ1n) is 11.4. The molecule has 1 saturated carbocycles. The van der Waals surface area contributed by atoms with Gasteiger partial charge in [0.25, 0.3) is 0 Å². The van der Waals surface area contributed by atoms with Crippen LogP contribution in [0.3, 0.4) is 0 Å². The molecule has 1 aromatic heterocycles. The van der Waals surface area contributed by atoms with Crippen LogP contribution in [0.15, 0.2) is 67.0 Å². The Morgan fingerprint density at radius 3 is 2.62 bits per heavy atom. The molecule has 1 aliphatic carbocycles. The third-order valence-corrected chi connectivity index (χ3v) is 6.80. The number of rotatable bonds is 7. The van der Waals surface area contributed by atoms with E-state index in [9.17, 15) is 9.90 Å². The third-order valence-electron chi connectivity index (χ3n) is 6.61. The van der Waals surface area contributed by atoms with Gasteiger partial charge in [-0.1, -0.05) is 30.3 Å². The SMILES string of the molecule is O=Cc1c[nH]c2c1C(N[C@@H]1CC[C@@H](CO)CC1c1ccc(Oc3ccccc3)cc1)=CN(Cl)N2. The number of ether oxygens (including phenoxy) is 1. The van der Waals surface area contributed by atoms with Crippen molar-refractivity contribution < 1.29 is 14.6 Å². The number of aldehydes is 1. The maximum Gasteiger partial charge on any atom is 0.152 e. The van der Waals surface area contributed by atoms with Gasteiger partial charge in [-0.05, 0) is 55.0 Å². The second-order valence-electron chi connectivity index (χ2n) is 8.78. The van der Waals surface area contributed by atoms with Crippen LogP contribution in [0.5, 0.6) is 11.5 Å². The smallest absolute Gasteiger partial charge is 0.152 e. The molecule has 34 heavy (non-hydrogen) atoms. The minimum absolute atomic E-state index is 0.111. The van der Waals surface area contributed by atoms with Crippen LogP contribution in [0.2, 0.25) is 0 Å². The monoisotopic (exact) mass is 478 g/mol. The fourth-order valence-electron chi connectivity index (χ4n) is 4.91. The van der Waals surface area contributed by atoms with Crippen LogP contribution in [0.4, 0.5) is 5.82 Å². The summed E-state index contributed by atoms with van der Waals surface area (Å²) in [4.78, 5) is 14.7. The number of carbonyl (C=O) groups excluding carboxylic acids is 1. The number of fused-ring (bicyclic) bond motifs is 1. The van der Waals surface area contributed by atoms with E-state index in [1.807, 2.05) is 42.5 Å². The summed E-state index contributed by atoms with van der Waals surface area (Å²) in [7, 11) is 0. The maximum absolute atomic E-state index is 11.6. The van der Waals surface area contributed by atoms with Gasteiger partial charge in [0.1, 0.15) is 17.3 Å². The summed E-state index contributed by atoms with van der Waals surface area (Å²) >= 11 is 6.24. The number of aromatic amines is 1. The number of aliphatic hydroxyl groups excluding tert-OH is 1. The van der Waals surface area contributed by atoms with Gasteiger partial charge in [0.15, 0.2) is 6.29 Å². The molecular formula is C26H27ClN4O3. The number of para-hydroxylation sites is 1. The molecule has 1 unspecified atom stereocenters. The van der Waals surface area contributed by atoms with E-state index in [-0.39, 0.29) is 24.5 Å². The van der Waals surface area contributed by atoms with Gasteiger partial charge >= 0.3 is 0 Å². The Morgan fingerprint density at radius 2 is 1.88 bits per heavy atom. The normalized spacial score (nSPS) is 21.8. The molecule has 176 valence electrons. The molecule has 0 radical (unpaired) electrons. The second kappa shape index (κ2) is 9.83. The van der Waals surface area contributed by atoms with Crippen molar-refractivity contribution in [3.63, 3.8) is 0 Å². The Bertz CT molecular complexity index is 1160.